The highest BCUT2D eigenvalue weighted by Gasteiger charge is 2.38. The average Bonchev–Trinajstić information content (AvgIpc) is 2.84. The Bertz CT molecular complexity index is 714. The molecule has 0 atom stereocenters. The van der Waals surface area contributed by atoms with Crippen LogP contribution >= 0.6 is 0 Å². The summed E-state index contributed by atoms with van der Waals surface area (Å²) in [5.41, 5.74) is 6.78. The predicted octanol–water partition coefficient (Wildman–Crippen LogP) is 1.82. The molecular formula is C17H19F3N2O5. The molecule has 1 aliphatic rings. The molecule has 3 N–H and O–H groups in total. The zero-order valence-corrected chi connectivity index (χ0v) is 14.5. The highest BCUT2D eigenvalue weighted by molar-refractivity contribution is 6.15. The van der Waals surface area contributed by atoms with E-state index < -0.39 is 12.1 Å². The topological polar surface area (TPSA) is 110 Å². The quantitative estimate of drug-likeness (QED) is 0.588. The molecule has 148 valence electrons. The molecule has 2 rings (SSSR count). The molecule has 0 aromatic heterocycles. The minimum Gasteiger partial charge on any atom is -0.494 e. The van der Waals surface area contributed by atoms with Crippen molar-refractivity contribution in [3.63, 3.8) is 0 Å². The first kappa shape index (κ1) is 22.2. The van der Waals surface area contributed by atoms with E-state index in [9.17, 15) is 22.8 Å². The number of hydrogen-bond donors (Lipinski definition) is 2. The Morgan fingerprint density at radius 3 is 2.30 bits per heavy atom. The van der Waals surface area contributed by atoms with Crippen LogP contribution in [0.5, 0.6) is 5.75 Å². The molecule has 0 bridgehead atoms. The monoisotopic (exact) mass is 388 g/mol. The van der Waals surface area contributed by atoms with Gasteiger partial charge in [0, 0.05) is 18.7 Å². The summed E-state index contributed by atoms with van der Waals surface area (Å²) in [5, 5.41) is 7.12. The van der Waals surface area contributed by atoms with Crippen molar-refractivity contribution < 1.29 is 37.4 Å². The van der Waals surface area contributed by atoms with E-state index in [1.807, 2.05) is 31.2 Å². The number of carbonyl (C=O) groups excluding carboxylic acids is 2. The summed E-state index contributed by atoms with van der Waals surface area (Å²) in [6.07, 6.45) is -3.20. The van der Waals surface area contributed by atoms with Crippen molar-refractivity contribution in [3.05, 3.63) is 35.4 Å². The lowest BCUT2D eigenvalue weighted by Crippen LogP contribution is -2.34. The fourth-order valence-electron chi connectivity index (χ4n) is 2.12. The Labute approximate surface area is 153 Å². The first-order chi connectivity index (χ1) is 12.6. The van der Waals surface area contributed by atoms with Gasteiger partial charge in [0.05, 0.1) is 13.0 Å². The van der Waals surface area contributed by atoms with Crippen LogP contribution < -0.4 is 10.5 Å². The maximum Gasteiger partial charge on any atom is 0.490 e. The fraction of sp³-hybridized carbons (Fsp3) is 0.353. The molecule has 1 aromatic carbocycles. The smallest absolute Gasteiger partial charge is 0.490 e. The van der Waals surface area contributed by atoms with E-state index in [1.165, 1.54) is 4.90 Å². The van der Waals surface area contributed by atoms with Crippen molar-refractivity contribution in [2.45, 2.75) is 19.5 Å². The number of halogens is 3. The van der Waals surface area contributed by atoms with Gasteiger partial charge in [0.25, 0.3) is 5.91 Å². The van der Waals surface area contributed by atoms with Crippen LogP contribution in [0.25, 0.3) is 6.08 Å². The van der Waals surface area contributed by atoms with E-state index in [0.29, 0.717) is 12.2 Å². The Morgan fingerprint density at radius 1 is 1.30 bits per heavy atom. The average molecular weight is 388 g/mol. The van der Waals surface area contributed by atoms with Gasteiger partial charge in [-0.05, 0) is 30.7 Å². The molecule has 2 amide bonds. The number of carbonyl (C=O) groups is 3. The SMILES string of the molecule is CCOc1ccc(/C=C2\CC(=O)N(CCN)C2=O)cc1.O=C(O)C(F)(F)F. The van der Waals surface area contributed by atoms with Gasteiger partial charge in [-0.3, -0.25) is 14.5 Å². The number of rotatable bonds is 5. The van der Waals surface area contributed by atoms with Gasteiger partial charge in [0.1, 0.15) is 5.75 Å². The van der Waals surface area contributed by atoms with Crippen molar-refractivity contribution in [3.8, 4) is 5.75 Å². The number of nitrogens with zero attached hydrogens (tertiary/aromatic N) is 1. The molecule has 1 heterocycles. The van der Waals surface area contributed by atoms with Gasteiger partial charge in [-0.25, -0.2) is 4.79 Å². The third-order valence-corrected chi connectivity index (χ3v) is 3.29. The molecule has 1 aromatic rings. The fourth-order valence-corrected chi connectivity index (χ4v) is 2.12. The highest BCUT2D eigenvalue weighted by atomic mass is 19.4. The van der Waals surface area contributed by atoms with Gasteiger partial charge < -0.3 is 15.6 Å². The maximum atomic E-state index is 12.0. The lowest BCUT2D eigenvalue weighted by atomic mass is 10.1. The Kier molecular flexibility index (Phi) is 7.98. The number of carboxylic acids is 1. The number of aliphatic carboxylic acids is 1. The number of nitrogens with two attached hydrogens (primary N) is 1. The Hall–Kier alpha value is -2.88. The van der Waals surface area contributed by atoms with Gasteiger partial charge in [-0.1, -0.05) is 12.1 Å². The Morgan fingerprint density at radius 2 is 1.85 bits per heavy atom. The van der Waals surface area contributed by atoms with Crippen LogP contribution in [0.1, 0.15) is 18.9 Å². The molecule has 0 radical (unpaired) electrons. The second kappa shape index (κ2) is 9.72. The molecular weight excluding hydrogens is 369 g/mol. The number of alkyl halides is 3. The first-order valence-corrected chi connectivity index (χ1v) is 7.88. The van der Waals surface area contributed by atoms with Crippen LogP contribution in [0.3, 0.4) is 0 Å². The number of likely N-dealkylation sites (tertiary alicyclic amines) is 1. The lowest BCUT2D eigenvalue weighted by molar-refractivity contribution is -0.192. The summed E-state index contributed by atoms with van der Waals surface area (Å²) in [6.45, 7) is 3.10. The Balaban J connectivity index is 0.000000445. The van der Waals surface area contributed by atoms with Crippen LogP contribution in [0.15, 0.2) is 29.8 Å². The largest absolute Gasteiger partial charge is 0.494 e. The van der Waals surface area contributed by atoms with Gasteiger partial charge in [-0.2, -0.15) is 13.2 Å². The predicted molar refractivity (Wildman–Crippen MR) is 89.7 cm³/mol. The molecule has 0 aliphatic carbocycles. The molecule has 10 heteroatoms. The molecule has 27 heavy (non-hydrogen) atoms. The summed E-state index contributed by atoms with van der Waals surface area (Å²) in [6, 6.07) is 7.41. The van der Waals surface area contributed by atoms with Crippen molar-refractivity contribution in [1.29, 1.82) is 0 Å². The number of benzene rings is 1. The summed E-state index contributed by atoms with van der Waals surface area (Å²) < 4.78 is 37.1. The summed E-state index contributed by atoms with van der Waals surface area (Å²) >= 11 is 0. The molecule has 1 fully saturated rings. The minimum atomic E-state index is -5.08. The first-order valence-electron chi connectivity index (χ1n) is 7.88. The number of ether oxygens (including phenoxy) is 1. The second-order valence-corrected chi connectivity index (χ2v) is 5.29. The summed E-state index contributed by atoms with van der Waals surface area (Å²) in [4.78, 5) is 33.8. The third kappa shape index (κ3) is 6.74. The number of carboxylic acid groups (broad SMARTS) is 1. The molecule has 7 nitrogen and oxygen atoms in total. The van der Waals surface area contributed by atoms with Crippen molar-refractivity contribution >= 4 is 23.9 Å². The minimum absolute atomic E-state index is 0.145. The van der Waals surface area contributed by atoms with Crippen LogP contribution in [0.4, 0.5) is 13.2 Å². The summed E-state index contributed by atoms with van der Waals surface area (Å²) in [7, 11) is 0. The van der Waals surface area contributed by atoms with Crippen molar-refractivity contribution in [2.75, 3.05) is 19.7 Å². The number of hydrogen-bond acceptors (Lipinski definition) is 5. The number of amides is 2. The van der Waals surface area contributed by atoms with Crippen molar-refractivity contribution in [1.82, 2.24) is 4.90 Å². The molecule has 1 saturated heterocycles. The van der Waals surface area contributed by atoms with Gasteiger partial charge in [0.15, 0.2) is 0 Å². The molecule has 0 saturated carbocycles. The van der Waals surface area contributed by atoms with E-state index in [2.05, 4.69) is 0 Å². The van der Waals surface area contributed by atoms with Gasteiger partial charge in [0.2, 0.25) is 5.91 Å². The number of imide groups is 1. The van der Waals surface area contributed by atoms with Crippen LogP contribution in [0, 0.1) is 0 Å². The highest BCUT2D eigenvalue weighted by Crippen LogP contribution is 2.22. The normalized spacial score (nSPS) is 15.6. The zero-order chi connectivity index (χ0) is 20.6. The summed E-state index contributed by atoms with van der Waals surface area (Å²) in [5.74, 6) is -2.40. The molecule has 1 aliphatic heterocycles. The zero-order valence-electron chi connectivity index (χ0n) is 14.5. The van der Waals surface area contributed by atoms with Crippen LogP contribution in [-0.2, 0) is 14.4 Å². The second-order valence-electron chi connectivity index (χ2n) is 5.29. The van der Waals surface area contributed by atoms with E-state index in [4.69, 9.17) is 20.4 Å². The maximum absolute atomic E-state index is 12.0. The van der Waals surface area contributed by atoms with Gasteiger partial charge in [-0.15, -0.1) is 0 Å². The standard InChI is InChI=1S/C15H18N2O3.C2HF3O2/c1-2-20-13-5-3-11(4-6-13)9-12-10-14(18)17(8-7-16)15(12)19;3-2(4,5)1(6)7/h3-6,9H,2,7-8,10,16H2,1H3;(H,6,7)/b12-9+;. The lowest BCUT2D eigenvalue weighted by Gasteiger charge is -2.10. The molecule has 0 unspecified atom stereocenters. The third-order valence-electron chi connectivity index (χ3n) is 3.29. The van der Waals surface area contributed by atoms with Crippen LogP contribution in [-0.4, -0.2) is 53.7 Å². The van der Waals surface area contributed by atoms with E-state index in [-0.39, 0.29) is 31.3 Å². The van der Waals surface area contributed by atoms with E-state index in [0.717, 1.165) is 11.3 Å². The van der Waals surface area contributed by atoms with Crippen molar-refractivity contribution in [2.24, 2.45) is 5.73 Å². The van der Waals surface area contributed by atoms with Crippen LogP contribution in [0.2, 0.25) is 0 Å². The van der Waals surface area contributed by atoms with Gasteiger partial charge >= 0.3 is 12.1 Å². The molecule has 0 spiro atoms. The van der Waals surface area contributed by atoms with E-state index >= 15 is 0 Å². The van der Waals surface area contributed by atoms with E-state index in [1.54, 1.807) is 6.08 Å².